The number of non-ortho nitro benzene ring substituents is 1. The van der Waals surface area contributed by atoms with Gasteiger partial charge in [0.05, 0.1) is 10.6 Å². The molecule has 0 saturated heterocycles. The molecule has 0 saturated carbocycles. The zero-order valence-electron chi connectivity index (χ0n) is 12.5. The van der Waals surface area contributed by atoms with Gasteiger partial charge in [-0.15, -0.1) is 0 Å². The van der Waals surface area contributed by atoms with Crippen LogP contribution in [0.3, 0.4) is 0 Å². The maximum absolute atomic E-state index is 13.6. The Morgan fingerprint density at radius 3 is 2.48 bits per heavy atom. The zero-order chi connectivity index (χ0) is 18.4. The van der Waals surface area contributed by atoms with Gasteiger partial charge in [0, 0.05) is 18.2 Å². The first-order valence-electron chi connectivity index (χ1n) is 6.85. The van der Waals surface area contributed by atoms with Crippen LogP contribution in [0.5, 0.6) is 0 Å². The third-order valence-corrected chi connectivity index (χ3v) is 3.15. The van der Waals surface area contributed by atoms with E-state index < -0.39 is 22.5 Å². The second kappa shape index (κ2) is 8.06. The second-order valence-electron chi connectivity index (χ2n) is 4.75. The van der Waals surface area contributed by atoms with Crippen molar-refractivity contribution >= 4 is 40.7 Å². The number of anilines is 1. The van der Waals surface area contributed by atoms with Gasteiger partial charge >= 0.3 is 0 Å². The lowest BCUT2D eigenvalue weighted by molar-refractivity contribution is -0.384. The number of rotatable bonds is 4. The number of hydrogen-bond donors (Lipinski definition) is 2. The molecule has 0 aliphatic rings. The third-order valence-electron chi connectivity index (χ3n) is 2.94. The van der Waals surface area contributed by atoms with Gasteiger partial charge in [0.15, 0.2) is 5.11 Å². The minimum absolute atomic E-state index is 0.229. The molecule has 0 unspecified atom stereocenters. The molecule has 0 aromatic heterocycles. The highest BCUT2D eigenvalue weighted by Crippen LogP contribution is 2.21. The SMILES string of the molecule is O=C(C=Cc1ccc(F)cc1)NC(=S)Nc1cc([N+](=O)[O-])ccc1F. The van der Waals surface area contributed by atoms with Gasteiger partial charge in [-0.3, -0.25) is 20.2 Å². The minimum Gasteiger partial charge on any atom is -0.330 e. The molecule has 0 bridgehead atoms. The molecule has 1 amide bonds. The fourth-order valence-electron chi connectivity index (χ4n) is 1.78. The molecular formula is C16H11F2N3O3S. The lowest BCUT2D eigenvalue weighted by atomic mass is 10.2. The average molecular weight is 363 g/mol. The molecule has 0 radical (unpaired) electrons. The maximum Gasteiger partial charge on any atom is 0.271 e. The summed E-state index contributed by atoms with van der Waals surface area (Å²) >= 11 is 4.87. The number of thiocarbonyl (C=S) groups is 1. The Balaban J connectivity index is 1.97. The van der Waals surface area contributed by atoms with Crippen molar-refractivity contribution in [2.75, 3.05) is 5.32 Å². The van der Waals surface area contributed by atoms with E-state index in [4.69, 9.17) is 12.2 Å². The van der Waals surface area contributed by atoms with E-state index in [0.29, 0.717) is 5.56 Å². The molecule has 2 rings (SSSR count). The van der Waals surface area contributed by atoms with Crippen LogP contribution in [0, 0.1) is 21.7 Å². The van der Waals surface area contributed by atoms with Gasteiger partial charge in [-0.2, -0.15) is 0 Å². The lowest BCUT2D eigenvalue weighted by Crippen LogP contribution is -2.33. The van der Waals surface area contributed by atoms with Crippen LogP contribution in [0.2, 0.25) is 0 Å². The summed E-state index contributed by atoms with van der Waals surface area (Å²) in [6, 6.07) is 8.33. The number of nitrogens with zero attached hydrogens (tertiary/aromatic N) is 1. The fourth-order valence-corrected chi connectivity index (χ4v) is 1.99. The normalized spacial score (nSPS) is 10.5. The molecule has 0 aliphatic carbocycles. The molecule has 6 nitrogen and oxygen atoms in total. The van der Waals surface area contributed by atoms with Gasteiger partial charge in [-0.1, -0.05) is 12.1 Å². The van der Waals surface area contributed by atoms with Crippen LogP contribution in [0.25, 0.3) is 6.08 Å². The van der Waals surface area contributed by atoms with Crippen molar-refractivity contribution < 1.29 is 18.5 Å². The van der Waals surface area contributed by atoms with Crippen LogP contribution < -0.4 is 10.6 Å². The van der Waals surface area contributed by atoms with Gasteiger partial charge < -0.3 is 5.32 Å². The van der Waals surface area contributed by atoms with Crippen LogP contribution in [0.4, 0.5) is 20.2 Å². The number of amides is 1. The number of benzene rings is 2. The Kier molecular flexibility index (Phi) is 5.85. The van der Waals surface area contributed by atoms with Crippen LogP contribution in [0.1, 0.15) is 5.56 Å². The van der Waals surface area contributed by atoms with E-state index in [1.807, 2.05) is 0 Å². The van der Waals surface area contributed by atoms with Crippen molar-refractivity contribution in [3.63, 3.8) is 0 Å². The number of nitro benzene ring substituents is 1. The molecule has 2 N–H and O–H groups in total. The summed E-state index contributed by atoms with van der Waals surface area (Å²) in [5.41, 5.74) is 0.0383. The predicted octanol–water partition coefficient (Wildman–Crippen LogP) is 3.40. The largest absolute Gasteiger partial charge is 0.330 e. The third kappa shape index (κ3) is 5.43. The van der Waals surface area contributed by atoms with Crippen molar-refractivity contribution in [1.82, 2.24) is 5.32 Å². The van der Waals surface area contributed by atoms with Crippen LogP contribution in [-0.4, -0.2) is 15.9 Å². The summed E-state index contributed by atoms with van der Waals surface area (Å²) in [5, 5.41) is 15.1. The monoisotopic (exact) mass is 363 g/mol. The Morgan fingerprint density at radius 1 is 1.16 bits per heavy atom. The molecule has 0 aliphatic heterocycles. The van der Waals surface area contributed by atoms with Crippen molar-refractivity contribution in [3.05, 3.63) is 75.9 Å². The summed E-state index contributed by atoms with van der Waals surface area (Å²) in [7, 11) is 0. The molecule has 0 fully saturated rings. The van der Waals surface area contributed by atoms with Gasteiger partial charge in [0.1, 0.15) is 11.6 Å². The summed E-state index contributed by atoms with van der Waals surface area (Å²) in [6.07, 6.45) is 2.59. The standard InChI is InChI=1S/C16H11F2N3O3S/c17-11-4-1-10(2-5-11)3-8-15(22)20-16(25)19-14-9-12(21(23)24)6-7-13(14)18/h1-9H,(H2,19,20,22,25). The smallest absolute Gasteiger partial charge is 0.271 e. The summed E-state index contributed by atoms with van der Waals surface area (Å²) in [5.74, 6) is -1.76. The van der Waals surface area contributed by atoms with E-state index in [9.17, 15) is 23.7 Å². The number of hydrogen-bond acceptors (Lipinski definition) is 4. The van der Waals surface area contributed by atoms with Crippen LogP contribution in [0.15, 0.2) is 48.5 Å². The number of nitrogens with one attached hydrogen (secondary N) is 2. The first kappa shape index (κ1) is 18.1. The Bertz CT molecular complexity index is 854. The van der Waals surface area contributed by atoms with Gasteiger partial charge in [0.2, 0.25) is 5.91 Å². The van der Waals surface area contributed by atoms with Crippen LogP contribution >= 0.6 is 12.2 Å². The first-order chi connectivity index (χ1) is 11.8. The molecule has 9 heteroatoms. The molecule has 0 spiro atoms. The molecule has 0 atom stereocenters. The highest BCUT2D eigenvalue weighted by molar-refractivity contribution is 7.80. The van der Waals surface area contributed by atoms with Crippen molar-refractivity contribution in [3.8, 4) is 0 Å². The summed E-state index contributed by atoms with van der Waals surface area (Å²) < 4.78 is 26.4. The summed E-state index contributed by atoms with van der Waals surface area (Å²) in [6.45, 7) is 0. The first-order valence-corrected chi connectivity index (χ1v) is 7.25. The maximum atomic E-state index is 13.6. The Labute approximate surface area is 146 Å². The Hall–Kier alpha value is -3.20. The fraction of sp³-hybridized carbons (Fsp3) is 0. The molecular weight excluding hydrogens is 352 g/mol. The zero-order valence-corrected chi connectivity index (χ0v) is 13.3. The van der Waals surface area contributed by atoms with E-state index in [1.165, 1.54) is 30.3 Å². The molecule has 2 aromatic rings. The van der Waals surface area contributed by atoms with Crippen molar-refractivity contribution in [2.24, 2.45) is 0 Å². The molecule has 25 heavy (non-hydrogen) atoms. The number of carbonyl (C=O) groups excluding carboxylic acids is 1. The van der Waals surface area contributed by atoms with Crippen molar-refractivity contribution in [2.45, 2.75) is 0 Å². The molecule has 128 valence electrons. The Morgan fingerprint density at radius 2 is 1.84 bits per heavy atom. The van der Waals surface area contributed by atoms with Gasteiger partial charge in [0.25, 0.3) is 5.69 Å². The van der Waals surface area contributed by atoms with Crippen LogP contribution in [-0.2, 0) is 4.79 Å². The predicted molar refractivity (Wildman–Crippen MR) is 92.9 cm³/mol. The second-order valence-corrected chi connectivity index (χ2v) is 5.16. The average Bonchev–Trinajstić information content (AvgIpc) is 2.56. The number of carbonyl (C=O) groups is 1. The van der Waals surface area contributed by atoms with E-state index in [1.54, 1.807) is 0 Å². The lowest BCUT2D eigenvalue weighted by Gasteiger charge is -2.08. The van der Waals surface area contributed by atoms with E-state index in [-0.39, 0.29) is 16.5 Å². The number of halogens is 2. The molecule has 2 aromatic carbocycles. The summed E-state index contributed by atoms with van der Waals surface area (Å²) in [4.78, 5) is 21.7. The highest BCUT2D eigenvalue weighted by Gasteiger charge is 2.12. The topological polar surface area (TPSA) is 84.3 Å². The van der Waals surface area contributed by atoms with E-state index in [2.05, 4.69) is 10.6 Å². The van der Waals surface area contributed by atoms with Crippen molar-refractivity contribution in [1.29, 1.82) is 0 Å². The van der Waals surface area contributed by atoms with Gasteiger partial charge in [-0.25, -0.2) is 8.78 Å². The number of nitro groups is 1. The van der Waals surface area contributed by atoms with Gasteiger partial charge in [-0.05, 0) is 42.1 Å². The van der Waals surface area contributed by atoms with E-state index >= 15 is 0 Å². The van der Waals surface area contributed by atoms with E-state index in [0.717, 1.165) is 24.3 Å². The molecule has 0 heterocycles. The minimum atomic E-state index is -0.760. The quantitative estimate of drug-likeness (QED) is 0.376. The highest BCUT2D eigenvalue weighted by atomic mass is 32.1.